The van der Waals surface area contributed by atoms with Crippen LogP contribution < -0.4 is 0 Å². The van der Waals surface area contributed by atoms with Gasteiger partial charge in [0.15, 0.2) is 0 Å². The molecule has 2 heteroatoms. The minimum atomic E-state index is 1.15. The minimum Gasteiger partial charge on any atom is -0.309 e. The molecule has 0 amide bonds. The van der Waals surface area contributed by atoms with E-state index in [9.17, 15) is 0 Å². The average molecular weight is 941 g/mol. The Morgan fingerprint density at radius 3 is 1.04 bits per heavy atom. The van der Waals surface area contributed by atoms with Gasteiger partial charge in [-0.1, -0.05) is 224 Å². The molecule has 14 rings (SSSR count). The highest BCUT2D eigenvalue weighted by Crippen LogP contribution is 2.41. The summed E-state index contributed by atoms with van der Waals surface area (Å²) in [7, 11) is 0. The molecule has 2 aromatic heterocycles. The van der Waals surface area contributed by atoms with Gasteiger partial charge in [0, 0.05) is 32.8 Å². The van der Waals surface area contributed by atoms with Crippen molar-refractivity contribution >= 4 is 43.6 Å². The lowest BCUT2D eigenvalue weighted by molar-refractivity contribution is 1.18. The van der Waals surface area contributed by atoms with Gasteiger partial charge in [-0.25, -0.2) is 0 Å². The summed E-state index contributed by atoms with van der Waals surface area (Å²) in [5.41, 5.74) is 23.9. The van der Waals surface area contributed by atoms with Crippen LogP contribution in [0.4, 0.5) is 0 Å². The van der Waals surface area contributed by atoms with E-state index in [0.717, 1.165) is 11.4 Å². The second-order valence-electron chi connectivity index (χ2n) is 19.3. The Morgan fingerprint density at radius 2 is 0.500 bits per heavy atom. The molecule has 74 heavy (non-hydrogen) atoms. The zero-order valence-electron chi connectivity index (χ0n) is 40.6. The van der Waals surface area contributed by atoms with Crippen LogP contribution in [-0.2, 0) is 0 Å². The van der Waals surface area contributed by atoms with Gasteiger partial charge in [-0.15, -0.1) is 0 Å². The number of nitrogens with zero attached hydrogens (tertiary/aromatic N) is 2. The van der Waals surface area contributed by atoms with Crippen LogP contribution in [0.5, 0.6) is 0 Å². The molecule has 346 valence electrons. The van der Waals surface area contributed by atoms with E-state index in [2.05, 4.69) is 300 Å². The fourth-order valence-electron chi connectivity index (χ4n) is 11.3. The molecule has 0 saturated carbocycles. The molecule has 12 aromatic carbocycles. The maximum atomic E-state index is 2.45. The Morgan fingerprint density at radius 1 is 0.176 bits per heavy atom. The topological polar surface area (TPSA) is 9.86 Å². The SMILES string of the molecule is c1ccc(-c2ccc(-n3c4ccccc4c4cc(-c5ccc6c(c5)c5ccccc5n6-c5ccccc5-c5ccc(-c6ccc(-c7cccc(-c8cccc(-c9ccccc9)c8)c7)cc6)cc5)ccc43)cc2)cc1. The van der Waals surface area contributed by atoms with Crippen molar-refractivity contribution in [2.75, 3.05) is 0 Å². The van der Waals surface area contributed by atoms with E-state index in [1.54, 1.807) is 0 Å². The molecule has 0 saturated heterocycles. The second-order valence-corrected chi connectivity index (χ2v) is 19.3. The second kappa shape index (κ2) is 18.1. The predicted molar refractivity (Wildman–Crippen MR) is 313 cm³/mol. The molecule has 0 radical (unpaired) electrons. The summed E-state index contributed by atoms with van der Waals surface area (Å²) in [5.74, 6) is 0. The van der Waals surface area contributed by atoms with Crippen molar-refractivity contribution in [3.05, 3.63) is 291 Å². The van der Waals surface area contributed by atoms with E-state index in [1.807, 2.05) is 0 Å². The zero-order chi connectivity index (χ0) is 49.0. The Balaban J connectivity index is 0.767. The molecule has 0 aliphatic carbocycles. The normalized spacial score (nSPS) is 11.5. The van der Waals surface area contributed by atoms with Crippen LogP contribution in [0.1, 0.15) is 0 Å². The van der Waals surface area contributed by atoms with Crippen molar-refractivity contribution in [3.8, 4) is 89.3 Å². The third kappa shape index (κ3) is 7.60. The van der Waals surface area contributed by atoms with Crippen LogP contribution in [0.2, 0.25) is 0 Å². The molecule has 0 aliphatic rings. The van der Waals surface area contributed by atoms with Crippen LogP contribution in [0.3, 0.4) is 0 Å². The van der Waals surface area contributed by atoms with E-state index in [0.29, 0.717) is 0 Å². The van der Waals surface area contributed by atoms with E-state index >= 15 is 0 Å². The van der Waals surface area contributed by atoms with Gasteiger partial charge in [0.05, 0.1) is 27.8 Å². The van der Waals surface area contributed by atoms with Crippen LogP contribution in [0.15, 0.2) is 291 Å². The van der Waals surface area contributed by atoms with Crippen LogP contribution >= 0.6 is 0 Å². The summed E-state index contributed by atoms with van der Waals surface area (Å²) < 4.78 is 4.85. The minimum absolute atomic E-state index is 1.15. The number of fused-ring (bicyclic) bond motifs is 6. The van der Waals surface area contributed by atoms with E-state index < -0.39 is 0 Å². The monoisotopic (exact) mass is 940 g/mol. The average Bonchev–Trinajstić information content (AvgIpc) is 4.00. The Bertz CT molecular complexity index is 4370. The molecule has 0 aliphatic heterocycles. The summed E-state index contributed by atoms with van der Waals surface area (Å²) in [4.78, 5) is 0. The highest BCUT2D eigenvalue weighted by molar-refractivity contribution is 6.13. The van der Waals surface area contributed by atoms with E-state index in [1.165, 1.54) is 122 Å². The van der Waals surface area contributed by atoms with Gasteiger partial charge in [0.1, 0.15) is 0 Å². The highest BCUT2D eigenvalue weighted by atomic mass is 15.0. The van der Waals surface area contributed by atoms with E-state index in [-0.39, 0.29) is 0 Å². The first-order chi connectivity index (χ1) is 36.7. The standard InChI is InChI=1S/C72H48N2/c1-3-15-49(16-4-1)53-37-41-62(42-38-53)73-69-27-11-8-24-64(69)66-47-60(39-43-71(66)73)61-40-44-72-67(48-61)65-25-9-12-28-70(65)74(72)68-26-10-7-23-63(68)55-35-33-52(34-36-55)51-29-31-54(32-30-51)57-20-14-22-59(46-57)58-21-13-19-56(45-58)50-17-5-2-6-18-50/h1-48H. The lowest BCUT2D eigenvalue weighted by Crippen LogP contribution is -1.97. The molecule has 14 aromatic rings. The van der Waals surface area contributed by atoms with Gasteiger partial charge < -0.3 is 9.13 Å². The summed E-state index contributed by atoms with van der Waals surface area (Å²) in [6.07, 6.45) is 0. The van der Waals surface area contributed by atoms with Gasteiger partial charge >= 0.3 is 0 Å². The largest absolute Gasteiger partial charge is 0.309 e. The lowest BCUT2D eigenvalue weighted by atomic mass is 9.95. The van der Waals surface area contributed by atoms with Gasteiger partial charge in [-0.2, -0.15) is 0 Å². The molecule has 0 fully saturated rings. The van der Waals surface area contributed by atoms with Crippen LogP contribution in [-0.4, -0.2) is 9.13 Å². The number of aromatic nitrogens is 2. The van der Waals surface area contributed by atoms with Crippen molar-refractivity contribution in [3.63, 3.8) is 0 Å². The first-order valence-electron chi connectivity index (χ1n) is 25.5. The van der Waals surface area contributed by atoms with Gasteiger partial charge in [0.2, 0.25) is 0 Å². The summed E-state index contributed by atoms with van der Waals surface area (Å²) in [5, 5.41) is 4.96. The van der Waals surface area contributed by atoms with Gasteiger partial charge in [0.25, 0.3) is 0 Å². The first-order valence-corrected chi connectivity index (χ1v) is 25.5. The third-order valence-corrected chi connectivity index (χ3v) is 15.0. The first kappa shape index (κ1) is 43.1. The predicted octanol–water partition coefficient (Wildman–Crippen LogP) is 19.5. The zero-order valence-corrected chi connectivity index (χ0v) is 40.6. The molecule has 0 unspecified atom stereocenters. The van der Waals surface area contributed by atoms with Crippen molar-refractivity contribution in [2.45, 2.75) is 0 Å². The fraction of sp³-hybridized carbons (Fsp3) is 0. The molecular weight excluding hydrogens is 893 g/mol. The number of hydrogen-bond acceptors (Lipinski definition) is 0. The summed E-state index contributed by atoms with van der Waals surface area (Å²) in [6, 6.07) is 106. The van der Waals surface area contributed by atoms with E-state index in [4.69, 9.17) is 0 Å². The molecular formula is C72H48N2. The maximum Gasteiger partial charge on any atom is 0.0541 e. The van der Waals surface area contributed by atoms with Crippen molar-refractivity contribution in [1.82, 2.24) is 9.13 Å². The number of rotatable bonds is 9. The molecule has 0 spiro atoms. The Labute approximate surface area is 431 Å². The van der Waals surface area contributed by atoms with Gasteiger partial charge in [-0.3, -0.25) is 0 Å². The highest BCUT2D eigenvalue weighted by Gasteiger charge is 2.18. The van der Waals surface area contributed by atoms with Crippen molar-refractivity contribution in [2.24, 2.45) is 0 Å². The summed E-state index contributed by atoms with van der Waals surface area (Å²) in [6.45, 7) is 0. The Kier molecular flexibility index (Phi) is 10.6. The number of benzene rings is 12. The van der Waals surface area contributed by atoms with Crippen LogP contribution in [0, 0.1) is 0 Å². The molecule has 0 N–H and O–H groups in total. The summed E-state index contributed by atoms with van der Waals surface area (Å²) >= 11 is 0. The van der Waals surface area contributed by atoms with Crippen molar-refractivity contribution in [1.29, 1.82) is 0 Å². The quantitative estimate of drug-likeness (QED) is 0.136. The Hall–Kier alpha value is -9.76. The van der Waals surface area contributed by atoms with Gasteiger partial charge in [-0.05, 0) is 139 Å². The maximum absolute atomic E-state index is 2.45. The molecule has 0 bridgehead atoms. The molecule has 2 heterocycles. The molecule has 2 nitrogen and oxygen atoms in total. The van der Waals surface area contributed by atoms with Crippen molar-refractivity contribution < 1.29 is 0 Å². The number of para-hydroxylation sites is 3. The number of hydrogen-bond donors (Lipinski definition) is 0. The fourth-order valence-corrected chi connectivity index (χ4v) is 11.3. The van der Waals surface area contributed by atoms with Crippen LogP contribution in [0.25, 0.3) is 133 Å². The lowest BCUT2D eigenvalue weighted by Gasteiger charge is -2.15. The third-order valence-electron chi connectivity index (χ3n) is 15.0. The molecule has 0 atom stereocenters. The smallest absolute Gasteiger partial charge is 0.0541 e.